The molecule has 0 saturated carbocycles. The molecule has 0 aromatic heterocycles. The van der Waals surface area contributed by atoms with Crippen LogP contribution in [0.25, 0.3) is 0 Å². The van der Waals surface area contributed by atoms with Crippen molar-refractivity contribution in [1.82, 2.24) is 10.2 Å². The van der Waals surface area contributed by atoms with Gasteiger partial charge in [-0.15, -0.1) is 0 Å². The van der Waals surface area contributed by atoms with E-state index in [0.29, 0.717) is 18.7 Å². The quantitative estimate of drug-likeness (QED) is 0.638. The van der Waals surface area contributed by atoms with Gasteiger partial charge in [-0.1, -0.05) is 52.7 Å². The van der Waals surface area contributed by atoms with Crippen molar-refractivity contribution in [2.45, 2.75) is 46.7 Å². The Hall–Kier alpha value is -2.34. The van der Waals surface area contributed by atoms with E-state index in [-0.39, 0.29) is 18.4 Å². The van der Waals surface area contributed by atoms with Gasteiger partial charge in [0.2, 0.25) is 5.91 Å². The first-order valence-corrected chi connectivity index (χ1v) is 10.5. The van der Waals surface area contributed by atoms with Crippen LogP contribution in [0.3, 0.4) is 0 Å². The third kappa shape index (κ3) is 6.07. The molecule has 2 rings (SSSR count). The molecule has 29 heavy (non-hydrogen) atoms. The predicted molar refractivity (Wildman–Crippen MR) is 119 cm³/mol. The van der Waals surface area contributed by atoms with Crippen molar-refractivity contribution in [2.24, 2.45) is 0 Å². The largest absolute Gasteiger partial charge is 0.484 e. The molecule has 6 heteroatoms. The Labute approximate surface area is 181 Å². The second-order valence-corrected chi connectivity index (χ2v) is 8.00. The van der Waals surface area contributed by atoms with Crippen LogP contribution in [0.15, 0.2) is 40.9 Å². The zero-order chi connectivity index (χ0) is 21.6. The van der Waals surface area contributed by atoms with Gasteiger partial charge in [0, 0.05) is 18.1 Å². The monoisotopic (exact) mass is 460 g/mol. The van der Waals surface area contributed by atoms with Crippen LogP contribution in [0.5, 0.6) is 5.75 Å². The first kappa shape index (κ1) is 22.9. The lowest BCUT2D eigenvalue weighted by molar-refractivity contribution is -0.142. The fourth-order valence-corrected chi connectivity index (χ4v) is 3.54. The summed E-state index contributed by atoms with van der Waals surface area (Å²) in [7, 11) is 1.59. The number of likely N-dealkylation sites (N-methyl/N-ethyl adjacent to an activating group) is 1. The first-order valence-electron chi connectivity index (χ1n) is 9.73. The Morgan fingerprint density at radius 3 is 2.34 bits per heavy atom. The molecule has 0 aliphatic carbocycles. The molecule has 0 fully saturated rings. The SMILES string of the molecule is CC[C@@H](C(=O)NC)N(Cc1cccc(C)c1)C(=O)COc1cc(C)c(Br)c(C)c1. The van der Waals surface area contributed by atoms with Crippen molar-refractivity contribution < 1.29 is 14.3 Å². The maximum Gasteiger partial charge on any atom is 0.261 e. The standard InChI is InChI=1S/C23H29BrN2O3/c1-6-20(23(28)25-5)26(13-18-9-7-8-15(2)10-18)21(27)14-29-19-11-16(3)22(24)17(4)12-19/h7-12,20H,6,13-14H2,1-5H3,(H,25,28)/t20-/m0/s1. The zero-order valence-corrected chi connectivity index (χ0v) is 19.3. The van der Waals surface area contributed by atoms with Gasteiger partial charge in [0.05, 0.1) is 0 Å². The number of benzene rings is 2. The summed E-state index contributed by atoms with van der Waals surface area (Å²) in [4.78, 5) is 27.1. The number of rotatable bonds is 8. The van der Waals surface area contributed by atoms with Crippen LogP contribution in [-0.2, 0) is 16.1 Å². The molecule has 0 unspecified atom stereocenters. The number of carbonyl (C=O) groups is 2. The Kier molecular flexibility index (Phi) is 8.26. The minimum atomic E-state index is -0.551. The molecule has 1 atom stereocenters. The number of amides is 2. The van der Waals surface area contributed by atoms with E-state index in [1.807, 2.05) is 64.1 Å². The van der Waals surface area contributed by atoms with Gasteiger partial charge in [-0.3, -0.25) is 9.59 Å². The normalized spacial score (nSPS) is 11.7. The first-order chi connectivity index (χ1) is 13.8. The molecular weight excluding hydrogens is 432 g/mol. The molecule has 5 nitrogen and oxygen atoms in total. The van der Waals surface area contributed by atoms with Gasteiger partial charge in [-0.2, -0.15) is 0 Å². The van der Waals surface area contributed by atoms with Crippen LogP contribution < -0.4 is 10.1 Å². The summed E-state index contributed by atoms with van der Waals surface area (Å²) >= 11 is 3.54. The molecule has 2 amide bonds. The van der Waals surface area contributed by atoms with Crippen LogP contribution in [0.2, 0.25) is 0 Å². The van der Waals surface area contributed by atoms with Crippen LogP contribution >= 0.6 is 15.9 Å². The molecule has 2 aromatic carbocycles. The highest BCUT2D eigenvalue weighted by Gasteiger charge is 2.28. The maximum atomic E-state index is 13.1. The molecule has 0 saturated heterocycles. The average Bonchev–Trinajstić information content (AvgIpc) is 2.69. The van der Waals surface area contributed by atoms with Crippen molar-refractivity contribution in [3.63, 3.8) is 0 Å². The van der Waals surface area contributed by atoms with E-state index in [2.05, 4.69) is 21.2 Å². The topological polar surface area (TPSA) is 58.6 Å². The molecule has 0 aliphatic heterocycles. The number of nitrogens with zero attached hydrogens (tertiary/aromatic N) is 1. The van der Waals surface area contributed by atoms with E-state index >= 15 is 0 Å². The number of aryl methyl sites for hydroxylation is 3. The van der Waals surface area contributed by atoms with Crippen molar-refractivity contribution in [2.75, 3.05) is 13.7 Å². The van der Waals surface area contributed by atoms with E-state index in [1.54, 1.807) is 11.9 Å². The van der Waals surface area contributed by atoms with Gasteiger partial charge in [0.1, 0.15) is 11.8 Å². The minimum absolute atomic E-state index is 0.125. The van der Waals surface area contributed by atoms with Gasteiger partial charge in [0.15, 0.2) is 6.61 Å². The van der Waals surface area contributed by atoms with Crippen molar-refractivity contribution >= 4 is 27.7 Å². The molecule has 0 aliphatic rings. The van der Waals surface area contributed by atoms with Gasteiger partial charge in [0.25, 0.3) is 5.91 Å². The third-order valence-electron chi connectivity index (χ3n) is 4.84. The number of ether oxygens (including phenoxy) is 1. The Balaban J connectivity index is 2.22. The van der Waals surface area contributed by atoms with E-state index < -0.39 is 6.04 Å². The highest BCUT2D eigenvalue weighted by molar-refractivity contribution is 9.10. The summed E-state index contributed by atoms with van der Waals surface area (Å²) in [5.41, 5.74) is 4.18. The summed E-state index contributed by atoms with van der Waals surface area (Å²) in [5.74, 6) is 0.240. The van der Waals surface area contributed by atoms with Crippen molar-refractivity contribution in [1.29, 1.82) is 0 Å². The highest BCUT2D eigenvalue weighted by Crippen LogP contribution is 2.26. The fourth-order valence-electron chi connectivity index (χ4n) is 3.31. The van der Waals surface area contributed by atoms with E-state index in [0.717, 1.165) is 26.7 Å². The molecule has 0 radical (unpaired) electrons. The van der Waals surface area contributed by atoms with Crippen LogP contribution in [0.1, 0.15) is 35.6 Å². The fraction of sp³-hybridized carbons (Fsp3) is 0.391. The number of hydrogen-bond donors (Lipinski definition) is 1. The molecular formula is C23H29BrN2O3. The lowest BCUT2D eigenvalue weighted by atomic mass is 10.1. The molecule has 0 spiro atoms. The van der Waals surface area contributed by atoms with E-state index in [1.165, 1.54) is 0 Å². The third-order valence-corrected chi connectivity index (χ3v) is 6.09. The predicted octanol–water partition coefficient (Wildman–Crippen LogP) is 4.31. The van der Waals surface area contributed by atoms with Gasteiger partial charge in [-0.05, 0) is 56.0 Å². The zero-order valence-electron chi connectivity index (χ0n) is 17.7. The number of hydrogen-bond acceptors (Lipinski definition) is 3. The minimum Gasteiger partial charge on any atom is -0.484 e. The lowest BCUT2D eigenvalue weighted by Gasteiger charge is -2.30. The van der Waals surface area contributed by atoms with Gasteiger partial charge < -0.3 is 15.0 Å². The summed E-state index contributed by atoms with van der Waals surface area (Å²) in [6, 6.07) is 11.2. The summed E-state index contributed by atoms with van der Waals surface area (Å²) in [6.07, 6.45) is 0.522. The average molecular weight is 461 g/mol. The Morgan fingerprint density at radius 2 is 1.79 bits per heavy atom. The summed E-state index contributed by atoms with van der Waals surface area (Å²) < 4.78 is 6.82. The lowest BCUT2D eigenvalue weighted by Crippen LogP contribution is -2.49. The Morgan fingerprint density at radius 1 is 1.14 bits per heavy atom. The van der Waals surface area contributed by atoms with E-state index in [4.69, 9.17) is 4.74 Å². The van der Waals surface area contributed by atoms with Crippen LogP contribution in [0, 0.1) is 20.8 Å². The summed E-state index contributed by atoms with van der Waals surface area (Å²) in [6.45, 7) is 8.10. The van der Waals surface area contributed by atoms with Crippen molar-refractivity contribution in [3.05, 3.63) is 63.1 Å². The number of nitrogens with one attached hydrogen (secondary N) is 1. The second-order valence-electron chi connectivity index (χ2n) is 7.21. The van der Waals surface area contributed by atoms with E-state index in [9.17, 15) is 9.59 Å². The van der Waals surface area contributed by atoms with Crippen LogP contribution in [0.4, 0.5) is 0 Å². The van der Waals surface area contributed by atoms with Gasteiger partial charge in [-0.25, -0.2) is 0 Å². The number of halogens is 1. The molecule has 0 bridgehead atoms. The maximum absolute atomic E-state index is 13.1. The highest BCUT2D eigenvalue weighted by atomic mass is 79.9. The molecule has 0 heterocycles. The Bertz CT molecular complexity index is 859. The molecule has 2 aromatic rings. The van der Waals surface area contributed by atoms with Crippen LogP contribution in [-0.4, -0.2) is 36.4 Å². The van der Waals surface area contributed by atoms with Gasteiger partial charge >= 0.3 is 0 Å². The number of carbonyl (C=O) groups excluding carboxylic acids is 2. The smallest absolute Gasteiger partial charge is 0.261 e. The summed E-state index contributed by atoms with van der Waals surface area (Å²) in [5, 5.41) is 2.66. The molecule has 156 valence electrons. The van der Waals surface area contributed by atoms with Crippen molar-refractivity contribution in [3.8, 4) is 5.75 Å². The molecule has 1 N–H and O–H groups in total. The second kappa shape index (κ2) is 10.4.